The van der Waals surface area contributed by atoms with Gasteiger partial charge in [0, 0.05) is 36.6 Å². The van der Waals surface area contributed by atoms with Crippen LogP contribution in [-0.2, 0) is 0 Å². The average molecular weight is 390 g/mol. The molecular weight excluding hydrogens is 367 g/mol. The number of benzene rings is 1. The fourth-order valence-electron chi connectivity index (χ4n) is 3.78. The average Bonchev–Trinajstić information content (AvgIpc) is 2.74. The molecule has 6 heteroatoms. The van der Waals surface area contributed by atoms with Crippen molar-refractivity contribution in [3.63, 3.8) is 0 Å². The van der Waals surface area contributed by atoms with E-state index >= 15 is 0 Å². The maximum absolute atomic E-state index is 13.3. The van der Waals surface area contributed by atoms with E-state index in [1.165, 1.54) is 12.1 Å². The van der Waals surface area contributed by atoms with E-state index in [-0.39, 0.29) is 17.6 Å². The van der Waals surface area contributed by atoms with Crippen LogP contribution in [0.15, 0.2) is 48.8 Å². The number of hydrogen-bond donors (Lipinski definition) is 0. The summed E-state index contributed by atoms with van der Waals surface area (Å²) in [7, 11) is 0. The molecule has 3 heterocycles. The molecule has 1 aliphatic heterocycles. The molecule has 3 aromatic rings. The van der Waals surface area contributed by atoms with E-state index in [1.54, 1.807) is 24.5 Å². The van der Waals surface area contributed by atoms with Gasteiger partial charge in [0.25, 0.3) is 5.91 Å². The summed E-state index contributed by atoms with van der Waals surface area (Å²) in [6.07, 6.45) is 5.05. The van der Waals surface area contributed by atoms with E-state index in [9.17, 15) is 9.18 Å². The number of carbonyl (C=O) groups excluding carboxylic acids is 1. The minimum atomic E-state index is -0.250. The lowest BCUT2D eigenvalue weighted by Gasteiger charge is -2.32. The van der Waals surface area contributed by atoms with Gasteiger partial charge in [-0.05, 0) is 62.1 Å². The number of aromatic nitrogens is 3. The standard InChI is InChI=1S/C23H23FN4O/c1-15-10-19(17-5-7-20(24)8-6-17)11-21(27-15)18-4-3-9-28(14-18)23(29)22-13-25-16(2)12-26-22/h5-8,10-13,18H,3-4,9,14H2,1-2H3. The molecule has 1 saturated heterocycles. The minimum absolute atomic E-state index is 0.0892. The summed E-state index contributed by atoms with van der Waals surface area (Å²) < 4.78 is 13.3. The molecule has 1 aromatic carbocycles. The minimum Gasteiger partial charge on any atom is -0.337 e. The van der Waals surface area contributed by atoms with Crippen LogP contribution >= 0.6 is 0 Å². The van der Waals surface area contributed by atoms with Crippen molar-refractivity contribution in [2.24, 2.45) is 0 Å². The molecule has 5 nitrogen and oxygen atoms in total. The summed E-state index contributed by atoms with van der Waals surface area (Å²) in [6, 6.07) is 10.6. The molecule has 1 atom stereocenters. The first-order chi connectivity index (χ1) is 14.0. The third-order valence-corrected chi connectivity index (χ3v) is 5.28. The van der Waals surface area contributed by atoms with E-state index in [2.05, 4.69) is 16.0 Å². The zero-order chi connectivity index (χ0) is 20.4. The van der Waals surface area contributed by atoms with Crippen LogP contribution in [0.25, 0.3) is 11.1 Å². The van der Waals surface area contributed by atoms with E-state index < -0.39 is 0 Å². The molecular formula is C23H23FN4O. The second-order valence-electron chi connectivity index (χ2n) is 7.56. The Morgan fingerprint density at radius 2 is 1.83 bits per heavy atom. The van der Waals surface area contributed by atoms with Crippen molar-refractivity contribution >= 4 is 5.91 Å². The Morgan fingerprint density at radius 3 is 2.55 bits per heavy atom. The predicted molar refractivity (Wildman–Crippen MR) is 109 cm³/mol. The number of carbonyl (C=O) groups is 1. The number of amides is 1. The molecule has 29 heavy (non-hydrogen) atoms. The van der Waals surface area contributed by atoms with Gasteiger partial charge in [0.05, 0.1) is 11.9 Å². The van der Waals surface area contributed by atoms with Crippen LogP contribution in [0, 0.1) is 19.7 Å². The number of pyridine rings is 1. The molecule has 1 amide bonds. The van der Waals surface area contributed by atoms with E-state index in [0.29, 0.717) is 18.8 Å². The quantitative estimate of drug-likeness (QED) is 0.668. The number of aryl methyl sites for hydroxylation is 2. The summed E-state index contributed by atoms with van der Waals surface area (Å²) in [5.41, 5.74) is 5.01. The third-order valence-electron chi connectivity index (χ3n) is 5.28. The molecule has 148 valence electrons. The first-order valence-corrected chi connectivity index (χ1v) is 9.82. The molecule has 0 radical (unpaired) electrons. The van der Waals surface area contributed by atoms with Gasteiger partial charge in [-0.3, -0.25) is 14.8 Å². The van der Waals surface area contributed by atoms with Gasteiger partial charge in [0.15, 0.2) is 0 Å². The lowest BCUT2D eigenvalue weighted by molar-refractivity contribution is 0.0699. The normalized spacial score (nSPS) is 16.7. The molecule has 1 fully saturated rings. The Hall–Kier alpha value is -3.15. The van der Waals surface area contributed by atoms with Crippen LogP contribution in [-0.4, -0.2) is 38.8 Å². The van der Waals surface area contributed by atoms with Gasteiger partial charge in [0.2, 0.25) is 0 Å². The van der Waals surface area contributed by atoms with Crippen molar-refractivity contribution in [2.75, 3.05) is 13.1 Å². The Morgan fingerprint density at radius 1 is 1.03 bits per heavy atom. The van der Waals surface area contributed by atoms with Crippen molar-refractivity contribution in [2.45, 2.75) is 32.6 Å². The van der Waals surface area contributed by atoms with E-state index in [1.807, 2.05) is 24.8 Å². The highest BCUT2D eigenvalue weighted by Gasteiger charge is 2.27. The summed E-state index contributed by atoms with van der Waals surface area (Å²) >= 11 is 0. The summed E-state index contributed by atoms with van der Waals surface area (Å²) in [5.74, 6) is -0.181. The van der Waals surface area contributed by atoms with Crippen LogP contribution in [0.1, 0.15) is 46.3 Å². The fourth-order valence-corrected chi connectivity index (χ4v) is 3.78. The Balaban J connectivity index is 1.57. The highest BCUT2D eigenvalue weighted by atomic mass is 19.1. The van der Waals surface area contributed by atoms with Gasteiger partial charge in [-0.1, -0.05) is 12.1 Å². The third kappa shape index (κ3) is 4.31. The predicted octanol–water partition coefficient (Wildman–Crippen LogP) is 4.31. The second-order valence-corrected chi connectivity index (χ2v) is 7.56. The van der Waals surface area contributed by atoms with Crippen molar-refractivity contribution < 1.29 is 9.18 Å². The highest BCUT2D eigenvalue weighted by molar-refractivity contribution is 5.92. The maximum Gasteiger partial charge on any atom is 0.274 e. The first-order valence-electron chi connectivity index (χ1n) is 9.82. The molecule has 0 aliphatic carbocycles. The number of hydrogen-bond acceptors (Lipinski definition) is 4. The molecule has 4 rings (SSSR count). The van der Waals surface area contributed by atoms with Gasteiger partial charge in [-0.2, -0.15) is 0 Å². The Labute approximate surface area is 169 Å². The number of halogens is 1. The number of rotatable bonds is 3. The monoisotopic (exact) mass is 390 g/mol. The van der Waals surface area contributed by atoms with Crippen LogP contribution < -0.4 is 0 Å². The fraction of sp³-hybridized carbons (Fsp3) is 0.304. The SMILES string of the molecule is Cc1cnc(C(=O)N2CCCC(c3cc(-c4ccc(F)cc4)cc(C)n3)C2)cn1. The van der Waals surface area contributed by atoms with E-state index in [4.69, 9.17) is 4.98 Å². The highest BCUT2D eigenvalue weighted by Crippen LogP contribution is 2.30. The number of likely N-dealkylation sites (tertiary alicyclic amines) is 1. The number of nitrogens with zero attached hydrogens (tertiary/aromatic N) is 4. The van der Waals surface area contributed by atoms with Gasteiger partial charge >= 0.3 is 0 Å². The molecule has 0 bridgehead atoms. The second kappa shape index (κ2) is 8.07. The van der Waals surface area contributed by atoms with E-state index in [0.717, 1.165) is 41.1 Å². The van der Waals surface area contributed by atoms with Crippen molar-refractivity contribution in [3.05, 3.63) is 77.4 Å². The molecule has 0 spiro atoms. The summed E-state index contributed by atoms with van der Waals surface area (Å²) in [5, 5.41) is 0. The lowest BCUT2D eigenvalue weighted by atomic mass is 9.92. The Kier molecular flexibility index (Phi) is 5.34. The Bertz CT molecular complexity index is 1020. The molecule has 0 N–H and O–H groups in total. The maximum atomic E-state index is 13.3. The van der Waals surface area contributed by atoms with Crippen molar-refractivity contribution in [1.82, 2.24) is 19.9 Å². The smallest absolute Gasteiger partial charge is 0.274 e. The van der Waals surface area contributed by atoms with Gasteiger partial charge in [-0.25, -0.2) is 9.37 Å². The zero-order valence-electron chi connectivity index (χ0n) is 16.6. The summed E-state index contributed by atoms with van der Waals surface area (Å²) in [4.78, 5) is 27.8. The largest absolute Gasteiger partial charge is 0.337 e. The van der Waals surface area contributed by atoms with Crippen LogP contribution in [0.2, 0.25) is 0 Å². The molecule has 1 unspecified atom stereocenters. The van der Waals surface area contributed by atoms with Crippen molar-refractivity contribution in [3.8, 4) is 11.1 Å². The van der Waals surface area contributed by atoms with Gasteiger partial charge in [-0.15, -0.1) is 0 Å². The van der Waals surface area contributed by atoms with Crippen LogP contribution in [0.3, 0.4) is 0 Å². The van der Waals surface area contributed by atoms with Gasteiger partial charge < -0.3 is 4.90 Å². The van der Waals surface area contributed by atoms with Crippen LogP contribution in [0.4, 0.5) is 4.39 Å². The molecule has 1 aliphatic rings. The first kappa shape index (κ1) is 19.2. The summed E-state index contributed by atoms with van der Waals surface area (Å²) in [6.45, 7) is 5.12. The van der Waals surface area contributed by atoms with Gasteiger partial charge in [0.1, 0.15) is 11.5 Å². The number of piperidine rings is 1. The molecule has 2 aromatic heterocycles. The lowest BCUT2D eigenvalue weighted by Crippen LogP contribution is -2.39. The van der Waals surface area contributed by atoms with Crippen LogP contribution in [0.5, 0.6) is 0 Å². The molecule has 0 saturated carbocycles. The van der Waals surface area contributed by atoms with Crippen molar-refractivity contribution in [1.29, 1.82) is 0 Å². The topological polar surface area (TPSA) is 59.0 Å². The zero-order valence-corrected chi connectivity index (χ0v) is 16.6.